The van der Waals surface area contributed by atoms with Crippen molar-refractivity contribution in [1.82, 2.24) is 5.32 Å². The van der Waals surface area contributed by atoms with Gasteiger partial charge in [-0.3, -0.25) is 0 Å². The molecule has 0 aromatic heterocycles. The molecule has 1 unspecified atom stereocenters. The van der Waals surface area contributed by atoms with E-state index in [1.54, 1.807) is 0 Å². The topological polar surface area (TPSA) is 21.3 Å². The minimum atomic E-state index is 0.367. The van der Waals surface area contributed by atoms with Crippen LogP contribution in [0.2, 0.25) is 0 Å². The van der Waals surface area contributed by atoms with Gasteiger partial charge >= 0.3 is 0 Å². The van der Waals surface area contributed by atoms with Crippen molar-refractivity contribution in [2.75, 3.05) is 6.54 Å². The van der Waals surface area contributed by atoms with Gasteiger partial charge in [0.25, 0.3) is 0 Å². The average Bonchev–Trinajstić information content (AvgIpc) is 2.73. The normalized spacial score (nSPS) is 18.2. The number of halogens is 1. The van der Waals surface area contributed by atoms with Crippen LogP contribution >= 0.6 is 15.9 Å². The molecule has 1 aliphatic rings. The largest absolute Gasteiger partial charge is 0.490 e. The van der Waals surface area contributed by atoms with Crippen LogP contribution in [0.5, 0.6) is 5.75 Å². The quantitative estimate of drug-likeness (QED) is 0.670. The first-order valence-corrected chi connectivity index (χ1v) is 9.19. The maximum Gasteiger partial charge on any atom is 0.120 e. The van der Waals surface area contributed by atoms with Crippen molar-refractivity contribution >= 4 is 15.9 Å². The summed E-state index contributed by atoms with van der Waals surface area (Å²) in [5.74, 6) is 1.00. The van der Waals surface area contributed by atoms with Crippen LogP contribution in [0.3, 0.4) is 0 Å². The molecule has 0 radical (unpaired) electrons. The summed E-state index contributed by atoms with van der Waals surface area (Å²) in [6.45, 7) is 5.45. The molecule has 118 valence electrons. The van der Waals surface area contributed by atoms with Gasteiger partial charge in [-0.1, -0.05) is 41.8 Å². The summed E-state index contributed by atoms with van der Waals surface area (Å²) >= 11 is 3.70. The summed E-state index contributed by atoms with van der Waals surface area (Å²) in [4.78, 5) is 0. The lowest BCUT2D eigenvalue weighted by molar-refractivity contribution is 0.183. The van der Waals surface area contributed by atoms with Gasteiger partial charge in [0.1, 0.15) is 5.75 Å². The predicted molar refractivity (Wildman–Crippen MR) is 93.0 cm³/mol. The maximum atomic E-state index is 6.18. The Morgan fingerprint density at radius 3 is 2.57 bits per heavy atom. The van der Waals surface area contributed by atoms with E-state index >= 15 is 0 Å². The van der Waals surface area contributed by atoms with Crippen LogP contribution in [0, 0.1) is 0 Å². The molecule has 0 spiro atoms. The molecule has 1 aromatic rings. The second-order valence-electron chi connectivity index (χ2n) is 6.09. The number of benzene rings is 1. The second kappa shape index (κ2) is 8.79. The number of hydrogen-bond acceptors (Lipinski definition) is 2. The Hall–Kier alpha value is -0.540. The molecule has 0 saturated heterocycles. The first kappa shape index (κ1) is 16.8. The first-order chi connectivity index (χ1) is 10.2. The van der Waals surface area contributed by atoms with E-state index in [0.717, 1.165) is 23.2 Å². The number of nitrogens with one attached hydrogen (secondary N) is 1. The Morgan fingerprint density at radius 1 is 1.24 bits per heavy atom. The number of ether oxygens (including phenoxy) is 1. The molecule has 1 saturated carbocycles. The van der Waals surface area contributed by atoms with E-state index in [2.05, 4.69) is 53.3 Å². The van der Waals surface area contributed by atoms with Crippen molar-refractivity contribution in [3.05, 3.63) is 28.2 Å². The molecule has 3 heteroatoms. The number of hydrogen-bond donors (Lipinski definition) is 1. The third-order valence-corrected chi connectivity index (χ3v) is 4.93. The fourth-order valence-electron chi connectivity index (χ4n) is 2.96. The fraction of sp³-hybridized carbons (Fsp3) is 0.667. The van der Waals surface area contributed by atoms with Gasteiger partial charge in [0.05, 0.1) is 6.10 Å². The Balaban J connectivity index is 1.97. The molecule has 1 fully saturated rings. The third-order valence-electron chi connectivity index (χ3n) is 4.24. The highest BCUT2D eigenvalue weighted by atomic mass is 79.9. The van der Waals surface area contributed by atoms with Crippen molar-refractivity contribution in [3.63, 3.8) is 0 Å². The van der Waals surface area contributed by atoms with Gasteiger partial charge in [0, 0.05) is 10.5 Å². The maximum absolute atomic E-state index is 6.18. The van der Waals surface area contributed by atoms with Crippen LogP contribution in [0.15, 0.2) is 22.7 Å². The van der Waals surface area contributed by atoms with E-state index in [1.165, 1.54) is 44.1 Å². The van der Waals surface area contributed by atoms with Crippen LogP contribution in [-0.4, -0.2) is 12.6 Å². The van der Waals surface area contributed by atoms with Gasteiger partial charge in [0.15, 0.2) is 0 Å². The molecule has 2 nitrogen and oxygen atoms in total. The highest BCUT2D eigenvalue weighted by Gasteiger charge is 2.15. The van der Waals surface area contributed by atoms with Gasteiger partial charge in [0.2, 0.25) is 0 Å². The minimum absolute atomic E-state index is 0.367. The van der Waals surface area contributed by atoms with Gasteiger partial charge in [-0.25, -0.2) is 0 Å². The van der Waals surface area contributed by atoms with Crippen molar-refractivity contribution in [2.45, 2.75) is 70.9 Å². The molecule has 0 amide bonds. The molecule has 0 heterocycles. The molecular weight excluding hydrogens is 326 g/mol. The van der Waals surface area contributed by atoms with Crippen molar-refractivity contribution < 1.29 is 4.74 Å². The second-order valence-corrected chi connectivity index (χ2v) is 6.94. The Labute approximate surface area is 137 Å². The zero-order valence-electron chi connectivity index (χ0n) is 13.3. The fourth-order valence-corrected chi connectivity index (χ4v) is 3.66. The summed E-state index contributed by atoms with van der Waals surface area (Å²) in [6, 6.07) is 6.80. The van der Waals surface area contributed by atoms with Gasteiger partial charge in [-0.15, -0.1) is 0 Å². The molecule has 1 aromatic carbocycles. The SMILES string of the molecule is CCCNC(C)c1ccc(OC2CCCCCC2)cc1Br. The highest BCUT2D eigenvalue weighted by molar-refractivity contribution is 9.10. The molecular formula is C18H28BrNO. The lowest BCUT2D eigenvalue weighted by atomic mass is 10.1. The zero-order valence-corrected chi connectivity index (χ0v) is 14.9. The van der Waals surface area contributed by atoms with E-state index in [9.17, 15) is 0 Å². The number of rotatable bonds is 6. The van der Waals surface area contributed by atoms with E-state index in [-0.39, 0.29) is 0 Å². The van der Waals surface area contributed by atoms with Crippen molar-refractivity contribution in [1.29, 1.82) is 0 Å². The van der Waals surface area contributed by atoms with Crippen LogP contribution in [-0.2, 0) is 0 Å². The van der Waals surface area contributed by atoms with Crippen LogP contribution in [0.1, 0.15) is 70.4 Å². The molecule has 1 atom stereocenters. The molecule has 1 N–H and O–H groups in total. The smallest absolute Gasteiger partial charge is 0.120 e. The Bertz CT molecular complexity index is 427. The van der Waals surface area contributed by atoms with Crippen LogP contribution < -0.4 is 10.1 Å². The minimum Gasteiger partial charge on any atom is -0.490 e. The summed E-state index contributed by atoms with van der Waals surface area (Å²) < 4.78 is 7.32. The van der Waals surface area contributed by atoms with E-state index < -0.39 is 0 Å². The van der Waals surface area contributed by atoms with Crippen molar-refractivity contribution in [3.8, 4) is 5.75 Å². The van der Waals surface area contributed by atoms with E-state index in [4.69, 9.17) is 4.74 Å². The first-order valence-electron chi connectivity index (χ1n) is 8.40. The third kappa shape index (κ3) is 5.30. The molecule has 21 heavy (non-hydrogen) atoms. The van der Waals surface area contributed by atoms with E-state index in [0.29, 0.717) is 12.1 Å². The Kier molecular flexibility index (Phi) is 7.05. The summed E-state index contributed by atoms with van der Waals surface area (Å²) in [6.07, 6.45) is 9.31. The van der Waals surface area contributed by atoms with Crippen LogP contribution in [0.4, 0.5) is 0 Å². The lowest BCUT2D eigenvalue weighted by Crippen LogP contribution is -2.20. The molecule has 0 aliphatic heterocycles. The van der Waals surface area contributed by atoms with Crippen molar-refractivity contribution in [2.24, 2.45) is 0 Å². The summed E-state index contributed by atoms with van der Waals surface area (Å²) in [5.41, 5.74) is 1.30. The average molecular weight is 354 g/mol. The van der Waals surface area contributed by atoms with Crippen LogP contribution in [0.25, 0.3) is 0 Å². The molecule has 1 aliphatic carbocycles. The predicted octanol–water partition coefficient (Wildman–Crippen LogP) is 5.61. The molecule has 0 bridgehead atoms. The lowest BCUT2D eigenvalue weighted by Gasteiger charge is -2.19. The Morgan fingerprint density at radius 2 is 1.95 bits per heavy atom. The summed E-state index contributed by atoms with van der Waals surface area (Å²) in [5, 5.41) is 3.53. The molecule has 2 rings (SSSR count). The van der Waals surface area contributed by atoms with Gasteiger partial charge in [-0.05, 0) is 63.3 Å². The monoisotopic (exact) mass is 353 g/mol. The highest BCUT2D eigenvalue weighted by Crippen LogP contribution is 2.30. The standard InChI is InChI=1S/C18H28BrNO/c1-3-12-20-14(2)17-11-10-16(13-18(17)19)21-15-8-6-4-5-7-9-15/h10-11,13-15,20H,3-9,12H2,1-2H3. The van der Waals surface area contributed by atoms with E-state index in [1.807, 2.05) is 0 Å². The van der Waals surface area contributed by atoms with Gasteiger partial charge < -0.3 is 10.1 Å². The summed E-state index contributed by atoms with van der Waals surface area (Å²) in [7, 11) is 0. The van der Waals surface area contributed by atoms with Gasteiger partial charge in [-0.2, -0.15) is 0 Å². The zero-order chi connectivity index (χ0) is 15.1.